The van der Waals surface area contributed by atoms with Crippen LogP contribution < -0.4 is 0 Å². The summed E-state index contributed by atoms with van der Waals surface area (Å²) in [5, 5.41) is 12.8. The van der Waals surface area contributed by atoms with E-state index in [-0.39, 0.29) is 29.6 Å². The Morgan fingerprint density at radius 1 is 1.08 bits per heavy atom. The average Bonchev–Trinajstić information content (AvgIpc) is 2.84. The first-order valence-electron chi connectivity index (χ1n) is 13.8. The maximum absolute atomic E-state index is 14.5. The zero-order valence-corrected chi connectivity index (χ0v) is 23.4. The van der Waals surface area contributed by atoms with Gasteiger partial charge in [0.25, 0.3) is 0 Å². The van der Waals surface area contributed by atoms with E-state index >= 15 is 0 Å². The molecule has 1 saturated heterocycles. The topological polar surface area (TPSA) is 99.1 Å². The third kappa shape index (κ3) is 3.64. The molecular formula is C31H40O7. The van der Waals surface area contributed by atoms with Crippen LogP contribution in [0.1, 0.15) is 71.7 Å². The lowest BCUT2D eigenvalue weighted by Gasteiger charge is -2.65. The smallest absolute Gasteiger partial charge is 0.338 e. The van der Waals surface area contributed by atoms with Gasteiger partial charge in [0.15, 0.2) is 6.10 Å². The molecule has 0 amide bonds. The van der Waals surface area contributed by atoms with Gasteiger partial charge in [0, 0.05) is 35.2 Å². The monoisotopic (exact) mass is 524 g/mol. The largest absolute Gasteiger partial charge is 0.455 e. The fraction of sp³-hybridized carbons (Fsp3) is 0.645. The van der Waals surface area contributed by atoms with Gasteiger partial charge in [0.05, 0.1) is 18.3 Å². The summed E-state index contributed by atoms with van der Waals surface area (Å²) in [4.78, 5) is 40.6. The van der Waals surface area contributed by atoms with Gasteiger partial charge in [-0.25, -0.2) is 4.79 Å². The molecule has 5 rings (SSSR count). The second-order valence-electron chi connectivity index (χ2n) is 12.8. The summed E-state index contributed by atoms with van der Waals surface area (Å²) < 4.78 is 18.3. The molecule has 0 aromatic heterocycles. The van der Waals surface area contributed by atoms with E-state index in [1.165, 1.54) is 6.92 Å². The van der Waals surface area contributed by atoms with Crippen LogP contribution in [0, 0.1) is 34.5 Å². The van der Waals surface area contributed by atoms with E-state index in [1.807, 2.05) is 47.6 Å². The summed E-state index contributed by atoms with van der Waals surface area (Å²) in [5.41, 5.74) is -1.75. The van der Waals surface area contributed by atoms with Crippen molar-refractivity contribution in [2.24, 2.45) is 34.5 Å². The highest BCUT2D eigenvalue weighted by Gasteiger charge is 2.71. The standard InChI is InChI=1S/C31H40O7/c1-16-14-31(35)26(38-28(34)20-11-9-8-10-12-20)24-21-15-36-22(21)13-17(2)30(24,7)27(37-19(4)32)25(33)23(18(16)3)29(31,5)6/h8-12,16-17,21-22,24,26-27,35H,13-15H2,1-7H3/t16-,17-,21+,22+,24?,26-,27+,30+,31+/m0/s1. The number of fused-ring (bicyclic) bond motifs is 5. The molecule has 7 nitrogen and oxygen atoms in total. The maximum Gasteiger partial charge on any atom is 0.338 e. The fourth-order valence-electron chi connectivity index (χ4n) is 8.09. The molecule has 1 unspecified atom stereocenters. The molecule has 1 aromatic rings. The first-order chi connectivity index (χ1) is 17.7. The molecule has 7 heteroatoms. The van der Waals surface area contributed by atoms with E-state index in [0.717, 1.165) is 5.57 Å². The number of hydrogen-bond donors (Lipinski definition) is 1. The Hall–Kier alpha value is -2.51. The van der Waals surface area contributed by atoms with Crippen LogP contribution in [0.3, 0.4) is 0 Å². The first kappa shape index (κ1) is 27.1. The number of rotatable bonds is 3. The van der Waals surface area contributed by atoms with Gasteiger partial charge in [-0.15, -0.1) is 0 Å². The van der Waals surface area contributed by atoms with Gasteiger partial charge in [0.1, 0.15) is 11.7 Å². The van der Waals surface area contributed by atoms with Crippen LogP contribution in [-0.4, -0.2) is 53.3 Å². The lowest BCUT2D eigenvalue weighted by Crippen LogP contribution is -2.74. The Balaban J connectivity index is 1.78. The van der Waals surface area contributed by atoms with Crippen molar-refractivity contribution >= 4 is 17.7 Å². The predicted molar refractivity (Wildman–Crippen MR) is 140 cm³/mol. The lowest BCUT2D eigenvalue weighted by atomic mass is 9.44. The Bertz CT molecular complexity index is 1190. The third-order valence-corrected chi connectivity index (χ3v) is 10.6. The summed E-state index contributed by atoms with van der Waals surface area (Å²) in [7, 11) is 0. The van der Waals surface area contributed by atoms with Gasteiger partial charge in [0.2, 0.25) is 5.78 Å². The SMILES string of the molecule is CC(=O)O[C@@H]1C(=O)C2=C(C)[C@@H](C)C[C@@](O)([C@@H](OC(=O)c3ccccc3)C3[C@@H]4CO[C@@H]4C[C@H](C)[C@]31C)C2(C)C. The zero-order chi connectivity index (χ0) is 27.8. The molecule has 1 aliphatic heterocycles. The van der Waals surface area contributed by atoms with Crippen LogP contribution in [0.25, 0.3) is 0 Å². The van der Waals surface area contributed by atoms with Crippen molar-refractivity contribution in [2.75, 3.05) is 6.61 Å². The van der Waals surface area contributed by atoms with Crippen molar-refractivity contribution in [1.29, 1.82) is 0 Å². The lowest BCUT2D eigenvalue weighted by molar-refractivity contribution is -0.282. The second-order valence-corrected chi connectivity index (χ2v) is 12.8. The molecule has 206 valence electrons. The van der Waals surface area contributed by atoms with Gasteiger partial charge in [-0.2, -0.15) is 0 Å². The van der Waals surface area contributed by atoms with Gasteiger partial charge in [-0.1, -0.05) is 58.4 Å². The number of carbonyl (C=O) groups excluding carboxylic acids is 3. The zero-order valence-electron chi connectivity index (χ0n) is 23.4. The molecule has 4 aliphatic rings. The van der Waals surface area contributed by atoms with E-state index in [4.69, 9.17) is 14.2 Å². The third-order valence-electron chi connectivity index (χ3n) is 10.6. The van der Waals surface area contributed by atoms with Crippen LogP contribution in [0.5, 0.6) is 0 Å². The predicted octanol–water partition coefficient (Wildman–Crippen LogP) is 4.52. The van der Waals surface area contributed by atoms with Crippen molar-refractivity contribution in [2.45, 2.75) is 85.2 Å². The molecular weight excluding hydrogens is 484 g/mol. The Morgan fingerprint density at radius 3 is 2.32 bits per heavy atom. The second kappa shape index (κ2) is 9.02. The van der Waals surface area contributed by atoms with Crippen LogP contribution in [0.15, 0.2) is 41.5 Å². The van der Waals surface area contributed by atoms with Crippen LogP contribution in [0.2, 0.25) is 0 Å². The summed E-state index contributed by atoms with van der Waals surface area (Å²) in [6, 6.07) is 8.78. The normalized spacial score (nSPS) is 41.6. The summed E-state index contributed by atoms with van der Waals surface area (Å²) in [5.74, 6) is -2.07. The molecule has 3 aliphatic carbocycles. The minimum Gasteiger partial charge on any atom is -0.455 e. The van der Waals surface area contributed by atoms with E-state index in [0.29, 0.717) is 30.6 Å². The number of aliphatic hydroxyl groups is 1. The van der Waals surface area contributed by atoms with E-state index in [1.54, 1.807) is 24.3 Å². The first-order valence-corrected chi connectivity index (χ1v) is 13.8. The molecule has 2 bridgehead atoms. The van der Waals surface area contributed by atoms with Crippen molar-refractivity contribution in [3.05, 3.63) is 47.0 Å². The molecule has 3 fully saturated rings. The fourth-order valence-corrected chi connectivity index (χ4v) is 8.09. The van der Waals surface area contributed by atoms with Crippen molar-refractivity contribution < 1.29 is 33.7 Å². The number of Topliss-reactive ketones (excluding diaryl/α,β-unsaturated/α-hetero) is 1. The van der Waals surface area contributed by atoms with Crippen LogP contribution in [0.4, 0.5) is 0 Å². The van der Waals surface area contributed by atoms with Crippen molar-refractivity contribution in [1.82, 2.24) is 0 Å². The molecule has 38 heavy (non-hydrogen) atoms. The Morgan fingerprint density at radius 2 is 1.74 bits per heavy atom. The van der Waals surface area contributed by atoms with E-state index in [9.17, 15) is 19.5 Å². The van der Waals surface area contributed by atoms with Crippen molar-refractivity contribution in [3.63, 3.8) is 0 Å². The van der Waals surface area contributed by atoms with Crippen LogP contribution in [-0.2, 0) is 23.8 Å². The number of esters is 2. The summed E-state index contributed by atoms with van der Waals surface area (Å²) in [6.07, 6.45) is -1.06. The van der Waals surface area contributed by atoms with E-state index < -0.39 is 46.5 Å². The van der Waals surface area contributed by atoms with Gasteiger partial charge in [-0.05, 0) is 43.7 Å². The Labute approximate surface area is 224 Å². The number of ketones is 1. The van der Waals surface area contributed by atoms with Gasteiger partial charge in [-0.3, -0.25) is 9.59 Å². The van der Waals surface area contributed by atoms with Gasteiger partial charge < -0.3 is 19.3 Å². The average molecular weight is 525 g/mol. The highest BCUT2D eigenvalue weighted by molar-refractivity contribution is 6.03. The summed E-state index contributed by atoms with van der Waals surface area (Å²) >= 11 is 0. The molecule has 9 atom stereocenters. The molecule has 1 N–H and O–H groups in total. The maximum atomic E-state index is 14.5. The minimum absolute atomic E-state index is 0.0562. The number of benzene rings is 1. The van der Waals surface area contributed by atoms with Crippen LogP contribution >= 0.6 is 0 Å². The molecule has 1 heterocycles. The Kier molecular flexibility index (Phi) is 6.43. The number of carbonyl (C=O) groups is 3. The quantitative estimate of drug-likeness (QED) is 0.581. The number of hydrogen-bond acceptors (Lipinski definition) is 7. The molecule has 0 radical (unpaired) electrons. The highest BCUT2D eigenvalue weighted by Crippen LogP contribution is 2.64. The number of ether oxygens (including phenoxy) is 3. The highest BCUT2D eigenvalue weighted by atomic mass is 16.6. The van der Waals surface area contributed by atoms with Crippen molar-refractivity contribution in [3.8, 4) is 0 Å². The number of allylic oxidation sites excluding steroid dienone is 1. The summed E-state index contributed by atoms with van der Waals surface area (Å²) in [6.45, 7) is 13.4. The molecule has 0 spiro atoms. The van der Waals surface area contributed by atoms with E-state index in [2.05, 4.69) is 0 Å². The minimum atomic E-state index is -1.54. The molecule has 1 aromatic carbocycles. The van der Waals surface area contributed by atoms with Gasteiger partial charge >= 0.3 is 11.9 Å². The molecule has 2 saturated carbocycles.